The van der Waals surface area contributed by atoms with Gasteiger partial charge in [-0.15, -0.1) is 0 Å². The van der Waals surface area contributed by atoms with Gasteiger partial charge in [0.2, 0.25) is 0 Å². The van der Waals surface area contributed by atoms with Crippen LogP contribution in [0.2, 0.25) is 0 Å². The Morgan fingerprint density at radius 3 is 1.84 bits per heavy atom. The van der Waals surface area contributed by atoms with Crippen molar-refractivity contribution < 1.29 is 12.8 Å². The number of halogens is 1. The van der Waals surface area contributed by atoms with Gasteiger partial charge in [0.1, 0.15) is 5.82 Å². The number of aryl methyl sites for hydroxylation is 1. The molecular formula is C18H17FN2O2S2. The van der Waals surface area contributed by atoms with Crippen molar-refractivity contribution in [1.82, 2.24) is 0 Å². The summed E-state index contributed by atoms with van der Waals surface area (Å²) in [6, 6.07) is 13.4. The summed E-state index contributed by atoms with van der Waals surface area (Å²) in [4.78, 5) is 3.77. The Morgan fingerprint density at radius 2 is 1.36 bits per heavy atom. The molecule has 2 fully saturated rings. The zero-order valence-corrected chi connectivity index (χ0v) is 15.2. The van der Waals surface area contributed by atoms with E-state index in [1.165, 1.54) is 12.1 Å². The lowest BCUT2D eigenvalue weighted by molar-refractivity contribution is 0.601. The van der Waals surface area contributed by atoms with E-state index in [-0.39, 0.29) is 29.4 Å². The number of rotatable bonds is 2. The molecule has 0 spiro atoms. The molecule has 2 atom stereocenters. The molecule has 0 aromatic heterocycles. The molecule has 2 aromatic carbocycles. The molecule has 0 bridgehead atoms. The van der Waals surface area contributed by atoms with Gasteiger partial charge in [0.15, 0.2) is 14.9 Å². The molecule has 0 amide bonds. The van der Waals surface area contributed by atoms with Gasteiger partial charge in [0.25, 0.3) is 0 Å². The number of anilines is 2. The van der Waals surface area contributed by atoms with Gasteiger partial charge >= 0.3 is 0 Å². The molecule has 0 aliphatic carbocycles. The predicted molar refractivity (Wildman–Crippen MR) is 101 cm³/mol. The lowest BCUT2D eigenvalue weighted by Crippen LogP contribution is -2.37. The first kappa shape index (κ1) is 16.5. The zero-order valence-electron chi connectivity index (χ0n) is 13.6. The van der Waals surface area contributed by atoms with Crippen LogP contribution in [-0.2, 0) is 9.84 Å². The normalized spacial score (nSPS) is 24.6. The van der Waals surface area contributed by atoms with E-state index in [1.54, 1.807) is 12.1 Å². The summed E-state index contributed by atoms with van der Waals surface area (Å²) >= 11 is 5.68. The molecule has 2 aromatic rings. The van der Waals surface area contributed by atoms with E-state index >= 15 is 0 Å². The lowest BCUT2D eigenvalue weighted by atomic mass is 10.1. The Morgan fingerprint density at radius 1 is 0.920 bits per heavy atom. The first-order chi connectivity index (χ1) is 11.9. The smallest absolute Gasteiger partial charge is 0.181 e. The largest absolute Gasteiger partial charge is 0.312 e. The van der Waals surface area contributed by atoms with Gasteiger partial charge in [-0.2, -0.15) is 0 Å². The summed E-state index contributed by atoms with van der Waals surface area (Å²) in [5.74, 6) is -0.208. The number of hydrogen-bond donors (Lipinski definition) is 0. The lowest BCUT2D eigenvalue weighted by Gasteiger charge is -2.25. The number of nitrogens with zero attached hydrogens (tertiary/aromatic N) is 2. The highest BCUT2D eigenvalue weighted by Crippen LogP contribution is 2.38. The van der Waals surface area contributed by atoms with Crippen LogP contribution >= 0.6 is 12.2 Å². The molecule has 130 valence electrons. The molecule has 2 heterocycles. The third-order valence-corrected chi connectivity index (χ3v) is 6.88. The maximum Gasteiger partial charge on any atom is 0.181 e. The Hall–Kier alpha value is -1.99. The van der Waals surface area contributed by atoms with E-state index in [9.17, 15) is 12.8 Å². The summed E-state index contributed by atoms with van der Waals surface area (Å²) in [6.07, 6.45) is 0. The molecule has 2 aliphatic heterocycles. The van der Waals surface area contributed by atoms with Gasteiger partial charge in [0, 0.05) is 11.4 Å². The van der Waals surface area contributed by atoms with Gasteiger partial charge in [0.05, 0.1) is 23.6 Å². The summed E-state index contributed by atoms with van der Waals surface area (Å²) in [5, 5.41) is 0.556. The van der Waals surface area contributed by atoms with Crippen LogP contribution in [0.15, 0.2) is 48.5 Å². The molecule has 0 unspecified atom stereocenters. The Balaban J connectivity index is 1.79. The van der Waals surface area contributed by atoms with Crippen LogP contribution in [0.1, 0.15) is 5.56 Å². The number of hydrogen-bond acceptors (Lipinski definition) is 3. The molecule has 0 saturated carbocycles. The first-order valence-electron chi connectivity index (χ1n) is 8.01. The Bertz CT molecular complexity index is 857. The minimum absolute atomic E-state index is 0.0531. The van der Waals surface area contributed by atoms with Crippen molar-refractivity contribution in [3.63, 3.8) is 0 Å². The average Bonchev–Trinajstić information content (AvgIpc) is 2.99. The standard InChI is InChI=1S/C18H17FN2O2S2/c1-12-2-6-14(7-3-12)20-16-10-25(22,23)11-17(16)21(18(20)24)15-8-4-13(19)5-9-15/h2-9,16-17H,10-11H2,1H3/t16-,17+/m1/s1. The van der Waals surface area contributed by atoms with Gasteiger partial charge in [-0.05, 0) is 55.5 Å². The third kappa shape index (κ3) is 2.81. The maximum absolute atomic E-state index is 13.3. The van der Waals surface area contributed by atoms with Gasteiger partial charge < -0.3 is 9.80 Å². The quantitative estimate of drug-likeness (QED) is 0.754. The number of fused-ring (bicyclic) bond motifs is 1. The van der Waals surface area contributed by atoms with E-state index in [4.69, 9.17) is 12.2 Å². The van der Waals surface area contributed by atoms with Crippen molar-refractivity contribution in [2.24, 2.45) is 0 Å². The fraction of sp³-hybridized carbons (Fsp3) is 0.278. The fourth-order valence-electron chi connectivity index (χ4n) is 3.61. The maximum atomic E-state index is 13.3. The SMILES string of the molecule is Cc1ccc(N2C(=S)N(c3ccc(F)cc3)[C@H]3CS(=O)(=O)C[C@H]32)cc1. The molecule has 0 N–H and O–H groups in total. The van der Waals surface area contributed by atoms with Crippen LogP contribution in [0.25, 0.3) is 0 Å². The molecule has 2 saturated heterocycles. The van der Waals surface area contributed by atoms with Crippen LogP contribution in [0.5, 0.6) is 0 Å². The summed E-state index contributed by atoms with van der Waals surface area (Å²) in [6.45, 7) is 2.00. The van der Waals surface area contributed by atoms with Crippen LogP contribution in [0.4, 0.5) is 15.8 Å². The monoisotopic (exact) mass is 376 g/mol. The Kier molecular flexibility index (Phi) is 3.81. The van der Waals surface area contributed by atoms with E-state index in [0.717, 1.165) is 11.3 Å². The minimum Gasteiger partial charge on any atom is -0.312 e. The third-order valence-electron chi connectivity index (χ3n) is 4.79. The average molecular weight is 376 g/mol. The predicted octanol–water partition coefficient (Wildman–Crippen LogP) is 2.91. The van der Waals surface area contributed by atoms with E-state index in [0.29, 0.717) is 10.8 Å². The topological polar surface area (TPSA) is 40.6 Å². The van der Waals surface area contributed by atoms with Crippen LogP contribution in [0.3, 0.4) is 0 Å². The van der Waals surface area contributed by atoms with Crippen molar-refractivity contribution >= 4 is 38.5 Å². The van der Waals surface area contributed by atoms with Gasteiger partial charge in [-0.25, -0.2) is 12.8 Å². The molecule has 7 heteroatoms. The highest BCUT2D eigenvalue weighted by atomic mass is 32.2. The van der Waals surface area contributed by atoms with Crippen LogP contribution < -0.4 is 9.80 Å². The van der Waals surface area contributed by atoms with Crippen LogP contribution in [0, 0.1) is 12.7 Å². The van der Waals surface area contributed by atoms with Gasteiger partial charge in [-0.3, -0.25) is 0 Å². The summed E-state index contributed by atoms with van der Waals surface area (Å²) < 4.78 is 37.8. The van der Waals surface area contributed by atoms with Crippen molar-refractivity contribution in [2.75, 3.05) is 21.3 Å². The first-order valence-corrected chi connectivity index (χ1v) is 10.2. The number of benzene rings is 2. The fourth-order valence-corrected chi connectivity index (χ4v) is 6.02. The van der Waals surface area contributed by atoms with Gasteiger partial charge in [-0.1, -0.05) is 17.7 Å². The number of thiocarbonyl (C=S) groups is 1. The molecule has 25 heavy (non-hydrogen) atoms. The second kappa shape index (κ2) is 5.78. The molecule has 4 nitrogen and oxygen atoms in total. The van der Waals surface area contributed by atoms with Crippen molar-refractivity contribution in [3.05, 3.63) is 59.9 Å². The summed E-state index contributed by atoms with van der Waals surface area (Å²) in [5.41, 5.74) is 2.72. The Labute approximate surface area is 151 Å². The second-order valence-electron chi connectivity index (χ2n) is 6.55. The van der Waals surface area contributed by atoms with Crippen molar-refractivity contribution in [2.45, 2.75) is 19.0 Å². The molecule has 2 aliphatic rings. The molecule has 4 rings (SSSR count). The highest BCUT2D eigenvalue weighted by molar-refractivity contribution is 7.91. The van der Waals surface area contributed by atoms with Crippen molar-refractivity contribution in [1.29, 1.82) is 0 Å². The van der Waals surface area contributed by atoms with Crippen LogP contribution in [-0.4, -0.2) is 37.1 Å². The van der Waals surface area contributed by atoms with E-state index < -0.39 is 9.84 Å². The molecular weight excluding hydrogens is 359 g/mol. The van der Waals surface area contributed by atoms with E-state index in [2.05, 4.69) is 0 Å². The van der Waals surface area contributed by atoms with E-state index in [1.807, 2.05) is 41.0 Å². The number of sulfone groups is 1. The highest BCUT2D eigenvalue weighted by Gasteiger charge is 2.52. The zero-order chi connectivity index (χ0) is 17.8. The molecule has 0 radical (unpaired) electrons. The summed E-state index contributed by atoms with van der Waals surface area (Å²) in [7, 11) is -3.14. The second-order valence-corrected chi connectivity index (χ2v) is 9.07. The van der Waals surface area contributed by atoms with Crippen molar-refractivity contribution in [3.8, 4) is 0 Å². The minimum atomic E-state index is -3.14.